The Kier molecular flexibility index (Phi) is 9.27. The van der Waals surface area contributed by atoms with Crippen molar-refractivity contribution in [2.45, 2.75) is 32.0 Å². The number of amides is 1. The standard InChI is InChI=1S/C20H28BrNO5/c1-3-26-20-16(5-4-11-23)17(14-6-8-15(21)9-7-14)13-18(27-20)19(24)22-10-12-25-2/h6-9,13,16-17,20,23H,3-5,10-12H2,1-2H3,(H,22,24)/t16-,17-,20-/m1/s1. The van der Waals surface area contributed by atoms with Crippen LogP contribution in [0.2, 0.25) is 0 Å². The van der Waals surface area contributed by atoms with E-state index >= 15 is 0 Å². The Labute approximate surface area is 169 Å². The molecule has 1 amide bonds. The summed E-state index contributed by atoms with van der Waals surface area (Å²) in [5.41, 5.74) is 1.08. The Morgan fingerprint density at radius 3 is 2.70 bits per heavy atom. The fourth-order valence-electron chi connectivity index (χ4n) is 3.18. The molecule has 1 aromatic rings. The third kappa shape index (κ3) is 6.31. The molecule has 0 spiro atoms. The first kappa shape index (κ1) is 21.9. The molecule has 0 unspecified atom stereocenters. The molecular weight excluding hydrogens is 414 g/mol. The van der Waals surface area contributed by atoms with Gasteiger partial charge in [-0.1, -0.05) is 28.1 Å². The van der Waals surface area contributed by atoms with Crippen LogP contribution in [0, 0.1) is 5.92 Å². The Balaban J connectivity index is 2.31. The summed E-state index contributed by atoms with van der Waals surface area (Å²) >= 11 is 3.46. The van der Waals surface area contributed by atoms with Gasteiger partial charge >= 0.3 is 0 Å². The van der Waals surface area contributed by atoms with Crippen LogP contribution in [0.3, 0.4) is 0 Å². The van der Waals surface area contributed by atoms with Gasteiger partial charge < -0.3 is 24.6 Å². The highest BCUT2D eigenvalue weighted by molar-refractivity contribution is 9.10. The predicted octanol–water partition coefficient (Wildman–Crippen LogP) is 2.96. The Hall–Kier alpha value is -1.41. The average Bonchev–Trinajstić information content (AvgIpc) is 2.67. The van der Waals surface area contributed by atoms with Gasteiger partial charge in [-0.05, 0) is 43.5 Å². The van der Waals surface area contributed by atoms with Crippen molar-refractivity contribution < 1.29 is 24.1 Å². The second-order valence-electron chi connectivity index (χ2n) is 6.33. The van der Waals surface area contributed by atoms with E-state index in [2.05, 4.69) is 21.2 Å². The minimum Gasteiger partial charge on any atom is -0.459 e. The SMILES string of the molecule is CCO[C@@H]1OC(C(=O)NCCOC)=C[C@H](c2ccc(Br)cc2)[C@H]1CCCO. The van der Waals surface area contributed by atoms with Gasteiger partial charge in [-0.3, -0.25) is 4.79 Å². The van der Waals surface area contributed by atoms with Crippen LogP contribution in [-0.4, -0.2) is 50.8 Å². The highest BCUT2D eigenvalue weighted by atomic mass is 79.9. The maximum Gasteiger partial charge on any atom is 0.286 e. The van der Waals surface area contributed by atoms with E-state index in [1.54, 1.807) is 7.11 Å². The van der Waals surface area contributed by atoms with Crippen molar-refractivity contribution in [2.75, 3.05) is 33.5 Å². The molecule has 0 radical (unpaired) electrons. The molecule has 1 aliphatic rings. The number of ether oxygens (including phenoxy) is 3. The van der Waals surface area contributed by atoms with Gasteiger partial charge in [-0.15, -0.1) is 0 Å². The van der Waals surface area contributed by atoms with Crippen LogP contribution >= 0.6 is 15.9 Å². The summed E-state index contributed by atoms with van der Waals surface area (Å²) in [6.07, 6.45) is 2.71. The smallest absolute Gasteiger partial charge is 0.286 e. The lowest BCUT2D eigenvalue weighted by Gasteiger charge is -2.37. The lowest BCUT2D eigenvalue weighted by molar-refractivity contribution is -0.166. The molecule has 1 aromatic carbocycles. The van der Waals surface area contributed by atoms with Crippen molar-refractivity contribution in [1.29, 1.82) is 0 Å². The van der Waals surface area contributed by atoms with Gasteiger partial charge in [0, 0.05) is 43.2 Å². The van der Waals surface area contributed by atoms with Crippen LogP contribution < -0.4 is 5.32 Å². The van der Waals surface area contributed by atoms with Crippen molar-refractivity contribution in [3.05, 3.63) is 46.1 Å². The van der Waals surface area contributed by atoms with Crippen molar-refractivity contribution in [1.82, 2.24) is 5.32 Å². The molecule has 2 N–H and O–H groups in total. The molecule has 150 valence electrons. The molecule has 0 saturated carbocycles. The van der Waals surface area contributed by atoms with Crippen LogP contribution in [0.15, 0.2) is 40.6 Å². The third-order valence-electron chi connectivity index (χ3n) is 4.48. The van der Waals surface area contributed by atoms with Crippen LogP contribution in [0.5, 0.6) is 0 Å². The first-order chi connectivity index (χ1) is 13.1. The first-order valence-electron chi connectivity index (χ1n) is 9.24. The number of benzene rings is 1. The number of hydrogen-bond acceptors (Lipinski definition) is 5. The fraction of sp³-hybridized carbons (Fsp3) is 0.550. The van der Waals surface area contributed by atoms with Gasteiger partial charge in [-0.2, -0.15) is 0 Å². The zero-order valence-corrected chi connectivity index (χ0v) is 17.4. The topological polar surface area (TPSA) is 77.0 Å². The maximum atomic E-state index is 12.5. The molecule has 2 rings (SSSR count). The molecule has 3 atom stereocenters. The van der Waals surface area contributed by atoms with Gasteiger partial charge in [0.1, 0.15) is 0 Å². The van der Waals surface area contributed by atoms with E-state index in [-0.39, 0.29) is 30.1 Å². The summed E-state index contributed by atoms with van der Waals surface area (Å²) in [6.45, 7) is 3.33. The van der Waals surface area contributed by atoms with Crippen molar-refractivity contribution >= 4 is 21.8 Å². The van der Waals surface area contributed by atoms with Crippen LogP contribution in [0.4, 0.5) is 0 Å². The molecule has 0 bridgehead atoms. The minimum absolute atomic E-state index is 0.00815. The van der Waals surface area contributed by atoms with E-state index in [1.165, 1.54) is 0 Å². The van der Waals surface area contributed by atoms with Crippen molar-refractivity contribution in [2.24, 2.45) is 5.92 Å². The minimum atomic E-state index is -0.539. The van der Waals surface area contributed by atoms with Crippen LogP contribution in [0.1, 0.15) is 31.2 Å². The monoisotopic (exact) mass is 441 g/mol. The molecule has 7 heteroatoms. The quantitative estimate of drug-likeness (QED) is 0.545. The van der Waals surface area contributed by atoms with E-state index in [4.69, 9.17) is 14.2 Å². The third-order valence-corrected chi connectivity index (χ3v) is 5.01. The fourth-order valence-corrected chi connectivity index (χ4v) is 3.45. The van der Waals surface area contributed by atoms with Crippen LogP contribution in [-0.2, 0) is 19.0 Å². The van der Waals surface area contributed by atoms with Gasteiger partial charge in [0.05, 0.1) is 6.61 Å². The van der Waals surface area contributed by atoms with Gasteiger partial charge in [0.2, 0.25) is 6.29 Å². The molecule has 27 heavy (non-hydrogen) atoms. The van der Waals surface area contributed by atoms with Gasteiger partial charge in [0.25, 0.3) is 5.91 Å². The number of hydrogen-bond donors (Lipinski definition) is 2. The lowest BCUT2D eigenvalue weighted by atomic mass is 9.80. The lowest BCUT2D eigenvalue weighted by Crippen LogP contribution is -2.39. The number of methoxy groups -OCH3 is 1. The molecule has 6 nitrogen and oxygen atoms in total. The van der Waals surface area contributed by atoms with Crippen LogP contribution in [0.25, 0.3) is 0 Å². The largest absolute Gasteiger partial charge is 0.459 e. The van der Waals surface area contributed by atoms with E-state index < -0.39 is 6.29 Å². The summed E-state index contributed by atoms with van der Waals surface area (Å²) in [5.74, 6) is -0.0517. The zero-order chi connectivity index (χ0) is 19.6. The average molecular weight is 442 g/mol. The van der Waals surface area contributed by atoms with Crippen molar-refractivity contribution in [3.8, 4) is 0 Å². The second-order valence-corrected chi connectivity index (χ2v) is 7.24. The number of aliphatic hydroxyl groups is 1. The molecule has 0 aliphatic carbocycles. The summed E-state index contributed by atoms with van der Waals surface area (Å²) < 4.78 is 17.7. The van der Waals surface area contributed by atoms with E-state index in [0.29, 0.717) is 26.2 Å². The summed E-state index contributed by atoms with van der Waals surface area (Å²) in [4.78, 5) is 12.5. The number of aliphatic hydroxyl groups excluding tert-OH is 1. The highest BCUT2D eigenvalue weighted by Crippen LogP contribution is 2.39. The maximum absolute atomic E-state index is 12.5. The van der Waals surface area contributed by atoms with Gasteiger partial charge in [0.15, 0.2) is 5.76 Å². The molecule has 1 aliphatic heterocycles. The normalized spacial score (nSPS) is 22.1. The zero-order valence-electron chi connectivity index (χ0n) is 15.8. The number of halogens is 1. The second kappa shape index (κ2) is 11.4. The highest BCUT2D eigenvalue weighted by Gasteiger charge is 2.37. The molecule has 0 aromatic heterocycles. The summed E-state index contributed by atoms with van der Waals surface area (Å²) in [6, 6.07) is 8.03. The Morgan fingerprint density at radius 2 is 2.07 bits per heavy atom. The number of carbonyl (C=O) groups is 1. The predicted molar refractivity (Wildman–Crippen MR) is 106 cm³/mol. The van der Waals surface area contributed by atoms with Crippen molar-refractivity contribution in [3.63, 3.8) is 0 Å². The molecule has 1 heterocycles. The summed E-state index contributed by atoms with van der Waals surface area (Å²) in [7, 11) is 1.59. The number of carbonyl (C=O) groups excluding carboxylic acids is 1. The van der Waals surface area contributed by atoms with Gasteiger partial charge in [-0.25, -0.2) is 0 Å². The molecular formula is C20H28BrNO5. The molecule has 0 fully saturated rings. The van der Waals surface area contributed by atoms with E-state index in [1.807, 2.05) is 37.3 Å². The molecule has 0 saturated heterocycles. The Morgan fingerprint density at radius 1 is 1.33 bits per heavy atom. The Bertz CT molecular complexity index is 619. The number of nitrogens with one attached hydrogen (secondary N) is 1. The van der Waals surface area contributed by atoms with E-state index in [0.717, 1.165) is 16.5 Å². The number of allylic oxidation sites excluding steroid dienone is 1. The number of rotatable bonds is 10. The summed E-state index contributed by atoms with van der Waals surface area (Å²) in [5, 5.41) is 12.1. The van der Waals surface area contributed by atoms with E-state index in [9.17, 15) is 9.90 Å². The first-order valence-corrected chi connectivity index (χ1v) is 10.0.